The van der Waals surface area contributed by atoms with Gasteiger partial charge in [-0.15, -0.1) is 0 Å². The predicted molar refractivity (Wildman–Crippen MR) is 72.7 cm³/mol. The Morgan fingerprint density at radius 1 is 1.28 bits per heavy atom. The molecule has 18 heavy (non-hydrogen) atoms. The lowest BCUT2D eigenvalue weighted by Crippen LogP contribution is -2.30. The highest BCUT2D eigenvalue weighted by atomic mass is 28.3. The zero-order chi connectivity index (χ0) is 13.2. The molecule has 2 rings (SSSR count). The number of hydrogen-bond donors (Lipinski definition) is 0. The fraction of sp³-hybridized carbons (Fsp3) is 0.417. The average molecular weight is 262 g/mol. The molecule has 0 spiro atoms. The van der Waals surface area contributed by atoms with Gasteiger partial charge in [-0.05, 0) is 6.92 Å². The van der Waals surface area contributed by atoms with Crippen molar-refractivity contribution < 1.29 is 4.74 Å². The second-order valence-corrected chi connectivity index (χ2v) is 10.9. The summed E-state index contributed by atoms with van der Waals surface area (Å²) in [7, 11) is -1.25. The predicted octanol–water partition coefficient (Wildman–Crippen LogP) is 2.23. The van der Waals surface area contributed by atoms with Crippen molar-refractivity contribution in [2.75, 3.05) is 6.23 Å². The molecule has 0 bridgehead atoms. The second kappa shape index (κ2) is 4.89. The molecule has 2 heterocycles. The molecule has 0 unspecified atom stereocenters. The van der Waals surface area contributed by atoms with E-state index in [0.29, 0.717) is 5.88 Å². The Kier molecular flexibility index (Phi) is 3.47. The molecule has 5 nitrogen and oxygen atoms in total. The molecule has 0 aliphatic heterocycles. The first-order valence-corrected chi connectivity index (χ1v) is 9.61. The van der Waals surface area contributed by atoms with Gasteiger partial charge >= 0.3 is 0 Å². The Labute approximate surface area is 108 Å². The summed E-state index contributed by atoms with van der Waals surface area (Å²) in [5, 5.41) is 0. The van der Waals surface area contributed by atoms with Gasteiger partial charge in [-0.3, -0.25) is 4.57 Å². The van der Waals surface area contributed by atoms with Crippen LogP contribution in [-0.2, 0) is 0 Å². The molecule has 0 fully saturated rings. The van der Waals surface area contributed by atoms with Crippen LogP contribution in [0.1, 0.15) is 5.56 Å². The second-order valence-electron chi connectivity index (χ2n) is 5.45. The van der Waals surface area contributed by atoms with E-state index >= 15 is 0 Å². The molecule has 0 aliphatic rings. The first-order valence-electron chi connectivity index (χ1n) is 5.90. The summed E-state index contributed by atoms with van der Waals surface area (Å²) in [5.41, 5.74) is 0.939. The molecule has 2 aromatic heterocycles. The van der Waals surface area contributed by atoms with Gasteiger partial charge in [0.15, 0.2) is 0 Å². The van der Waals surface area contributed by atoms with Gasteiger partial charge in [-0.25, -0.2) is 15.0 Å². The van der Waals surface area contributed by atoms with Gasteiger partial charge in [0, 0.05) is 12.4 Å². The lowest BCUT2D eigenvalue weighted by atomic mass is 10.3. The lowest BCUT2D eigenvalue weighted by molar-refractivity contribution is 0.358. The highest BCUT2D eigenvalue weighted by Crippen LogP contribution is 2.20. The molecule has 96 valence electrons. The van der Waals surface area contributed by atoms with Crippen molar-refractivity contribution in [2.45, 2.75) is 26.6 Å². The van der Waals surface area contributed by atoms with Crippen LogP contribution in [0.4, 0.5) is 0 Å². The van der Waals surface area contributed by atoms with E-state index in [1.165, 1.54) is 6.33 Å². The normalized spacial score (nSPS) is 11.6. The van der Waals surface area contributed by atoms with Gasteiger partial charge in [-0.2, -0.15) is 0 Å². The van der Waals surface area contributed by atoms with Gasteiger partial charge in [0.2, 0.25) is 5.88 Å². The number of hydrogen-bond acceptors (Lipinski definition) is 4. The van der Waals surface area contributed by atoms with E-state index < -0.39 is 8.07 Å². The van der Waals surface area contributed by atoms with E-state index in [4.69, 9.17) is 4.74 Å². The topological polar surface area (TPSA) is 52.8 Å². The molecular formula is C12H18N4OSi. The smallest absolute Gasteiger partial charge is 0.221 e. The van der Waals surface area contributed by atoms with Crippen LogP contribution in [0.3, 0.4) is 0 Å². The molecule has 2 aromatic rings. The van der Waals surface area contributed by atoms with E-state index in [2.05, 4.69) is 34.6 Å². The molecule has 0 saturated heterocycles. The zero-order valence-corrected chi connectivity index (χ0v) is 12.2. The monoisotopic (exact) mass is 262 g/mol. The minimum Gasteiger partial charge on any atom is -0.481 e. The van der Waals surface area contributed by atoms with E-state index in [1.54, 1.807) is 12.5 Å². The van der Waals surface area contributed by atoms with E-state index in [-0.39, 0.29) is 0 Å². The molecule has 0 aromatic carbocycles. The van der Waals surface area contributed by atoms with Crippen molar-refractivity contribution in [3.8, 4) is 11.7 Å². The lowest BCUT2D eigenvalue weighted by Gasteiger charge is -2.17. The fourth-order valence-electron chi connectivity index (χ4n) is 1.50. The van der Waals surface area contributed by atoms with Gasteiger partial charge in [0.25, 0.3) is 0 Å². The Hall–Kier alpha value is -1.69. The summed E-state index contributed by atoms with van der Waals surface area (Å²) in [6.45, 7) is 8.76. The Balaban J connectivity index is 2.25. The summed E-state index contributed by atoms with van der Waals surface area (Å²) in [5.74, 6) is 1.48. The number of aromatic nitrogens is 4. The Morgan fingerprint density at radius 3 is 2.67 bits per heavy atom. The van der Waals surface area contributed by atoms with Crippen LogP contribution >= 0.6 is 0 Å². The summed E-state index contributed by atoms with van der Waals surface area (Å²) in [6.07, 6.45) is 7.59. The summed E-state index contributed by atoms with van der Waals surface area (Å²) in [6, 6.07) is 0. The maximum atomic E-state index is 5.82. The first kappa shape index (κ1) is 12.8. The van der Waals surface area contributed by atoms with E-state index in [9.17, 15) is 0 Å². The van der Waals surface area contributed by atoms with Gasteiger partial charge in [0.05, 0.1) is 19.9 Å². The molecule has 0 radical (unpaired) electrons. The van der Waals surface area contributed by atoms with Crippen molar-refractivity contribution in [1.82, 2.24) is 19.5 Å². The number of rotatable bonds is 4. The van der Waals surface area contributed by atoms with Gasteiger partial charge < -0.3 is 4.74 Å². The van der Waals surface area contributed by atoms with Crippen LogP contribution in [0.2, 0.25) is 19.6 Å². The summed E-state index contributed by atoms with van der Waals surface area (Å²) < 4.78 is 7.68. The highest BCUT2D eigenvalue weighted by Gasteiger charge is 2.16. The van der Waals surface area contributed by atoms with Crippen LogP contribution < -0.4 is 4.74 Å². The number of ether oxygens (including phenoxy) is 1. The largest absolute Gasteiger partial charge is 0.481 e. The Morgan fingerprint density at radius 2 is 2.06 bits per heavy atom. The molecule has 0 atom stereocenters. The van der Waals surface area contributed by atoms with Crippen LogP contribution in [-0.4, -0.2) is 33.8 Å². The zero-order valence-electron chi connectivity index (χ0n) is 11.2. The van der Waals surface area contributed by atoms with Crippen LogP contribution in [0.25, 0.3) is 5.82 Å². The van der Waals surface area contributed by atoms with Crippen LogP contribution in [0.15, 0.2) is 25.0 Å². The molecule has 6 heteroatoms. The quantitative estimate of drug-likeness (QED) is 0.793. The summed E-state index contributed by atoms with van der Waals surface area (Å²) in [4.78, 5) is 12.5. The van der Waals surface area contributed by atoms with E-state index in [0.717, 1.165) is 17.6 Å². The van der Waals surface area contributed by atoms with Crippen molar-refractivity contribution in [3.05, 3.63) is 30.6 Å². The number of nitrogens with zero attached hydrogens (tertiary/aromatic N) is 4. The van der Waals surface area contributed by atoms with Crippen molar-refractivity contribution in [1.29, 1.82) is 0 Å². The van der Waals surface area contributed by atoms with Gasteiger partial charge in [0.1, 0.15) is 18.5 Å². The minimum atomic E-state index is -1.25. The standard InChI is InChI=1S/C12H18N4OSi/c1-10-11(16-6-5-13-8-16)14-7-15-12(10)17-9-18(2,3)4/h5-8H,9H2,1-4H3. The third-order valence-corrected chi connectivity index (χ3v) is 3.41. The van der Waals surface area contributed by atoms with Crippen molar-refractivity contribution >= 4 is 8.07 Å². The molecule has 0 amide bonds. The molecular weight excluding hydrogens is 244 g/mol. The van der Waals surface area contributed by atoms with Crippen LogP contribution in [0.5, 0.6) is 5.88 Å². The highest BCUT2D eigenvalue weighted by molar-refractivity contribution is 6.76. The molecule has 0 saturated carbocycles. The van der Waals surface area contributed by atoms with E-state index in [1.807, 2.05) is 17.7 Å². The SMILES string of the molecule is Cc1c(OC[Si](C)(C)C)ncnc1-n1ccnc1. The number of imidazole rings is 1. The molecule has 0 aliphatic carbocycles. The van der Waals surface area contributed by atoms with Crippen molar-refractivity contribution in [3.63, 3.8) is 0 Å². The first-order chi connectivity index (χ1) is 8.47. The van der Waals surface area contributed by atoms with Crippen LogP contribution in [0, 0.1) is 6.92 Å². The maximum Gasteiger partial charge on any atom is 0.221 e. The average Bonchev–Trinajstić information content (AvgIpc) is 2.80. The molecule has 0 N–H and O–H groups in total. The minimum absolute atomic E-state index is 0.663. The summed E-state index contributed by atoms with van der Waals surface area (Å²) >= 11 is 0. The van der Waals surface area contributed by atoms with Crippen molar-refractivity contribution in [2.24, 2.45) is 0 Å². The Bertz CT molecular complexity index is 519. The maximum absolute atomic E-state index is 5.82. The third-order valence-electron chi connectivity index (χ3n) is 2.40. The third kappa shape index (κ3) is 2.95. The van der Waals surface area contributed by atoms with Gasteiger partial charge in [-0.1, -0.05) is 19.6 Å². The fourth-order valence-corrected chi connectivity index (χ4v) is 2.07.